The molecule has 0 aromatic heterocycles. The van der Waals surface area contributed by atoms with Crippen molar-refractivity contribution in [1.29, 1.82) is 0 Å². The van der Waals surface area contributed by atoms with Crippen LogP contribution in [0.4, 0.5) is 10.5 Å². The van der Waals surface area contributed by atoms with Gasteiger partial charge in [0.15, 0.2) is 17.4 Å². The molecule has 82 heavy (non-hydrogen) atoms. The van der Waals surface area contributed by atoms with Crippen molar-refractivity contribution in [3.05, 3.63) is 155 Å². The number of ether oxygens (including phenoxy) is 7. The Balaban J connectivity index is 1.22. The van der Waals surface area contributed by atoms with Gasteiger partial charge in [0, 0.05) is 50.3 Å². The molecule has 3 saturated heterocycles. The number of aliphatic hydroxyl groups excluding tert-OH is 1. The summed E-state index contributed by atoms with van der Waals surface area (Å²) in [6, 6.07) is 29.6. The van der Waals surface area contributed by atoms with Crippen molar-refractivity contribution < 1.29 is 71.8 Å². The number of amides is 4. The number of rotatable bonds is 15. The maximum atomic E-state index is 17.1. The van der Waals surface area contributed by atoms with Gasteiger partial charge in [0.05, 0.1) is 51.6 Å². The monoisotopic (exact) mass is 1120 g/mol. The molecule has 0 aliphatic carbocycles. The fraction of sp³-hybridized carbons (Fsp3) is 0.371. The number of morpholine rings is 1. The van der Waals surface area contributed by atoms with E-state index in [1.807, 2.05) is 83.8 Å². The van der Waals surface area contributed by atoms with Crippen LogP contribution in [0.15, 0.2) is 121 Å². The number of hydrogen-bond donors (Lipinski definition) is 2. The number of nitrogens with one attached hydrogen (secondary N) is 1. The van der Waals surface area contributed by atoms with E-state index in [4.69, 9.17) is 33.2 Å². The lowest BCUT2D eigenvalue weighted by Crippen LogP contribution is -2.59. The minimum absolute atomic E-state index is 0.0107. The summed E-state index contributed by atoms with van der Waals surface area (Å²) in [5.41, 5.74) is 0.663. The third-order valence-corrected chi connectivity index (χ3v) is 15.9. The lowest BCUT2D eigenvalue weighted by molar-refractivity contribution is -0.179. The lowest BCUT2D eigenvalue weighted by atomic mass is 9.64. The molecule has 5 aromatic rings. The van der Waals surface area contributed by atoms with Gasteiger partial charge in [-0.2, -0.15) is 0 Å². The lowest BCUT2D eigenvalue weighted by Gasteiger charge is -2.46. The zero-order valence-corrected chi connectivity index (χ0v) is 46.0. The molecule has 4 amide bonds. The molecule has 0 saturated carbocycles. The van der Waals surface area contributed by atoms with E-state index in [2.05, 4.69) is 22.1 Å². The summed E-state index contributed by atoms with van der Waals surface area (Å²) in [5.74, 6) is -0.986. The Hall–Kier alpha value is -8.77. The Bertz CT molecular complexity index is 3310. The van der Waals surface area contributed by atoms with E-state index in [1.54, 1.807) is 55.1 Å². The van der Waals surface area contributed by atoms with Crippen LogP contribution in [-0.2, 0) is 59.7 Å². The van der Waals surface area contributed by atoms with Crippen LogP contribution in [0.5, 0.6) is 17.2 Å². The molecule has 1 spiro atoms. The van der Waals surface area contributed by atoms with Gasteiger partial charge >= 0.3 is 29.9 Å². The summed E-state index contributed by atoms with van der Waals surface area (Å²) in [5, 5.41) is 13.0. The van der Waals surface area contributed by atoms with E-state index in [0.29, 0.717) is 47.8 Å². The molecule has 0 radical (unpaired) electrons. The second kappa shape index (κ2) is 24.1. The van der Waals surface area contributed by atoms with Crippen LogP contribution in [0, 0.1) is 29.6 Å². The van der Waals surface area contributed by atoms with Crippen molar-refractivity contribution in [2.75, 3.05) is 72.4 Å². The molecule has 20 nitrogen and oxygen atoms in total. The van der Waals surface area contributed by atoms with Crippen LogP contribution in [-0.4, -0.2) is 141 Å². The first-order chi connectivity index (χ1) is 39.7. The largest absolute Gasteiger partial charge is 0.491 e. The molecule has 0 bridgehead atoms. The first-order valence-electron chi connectivity index (χ1n) is 27.1. The van der Waals surface area contributed by atoms with Gasteiger partial charge in [-0.1, -0.05) is 111 Å². The number of anilines is 1. The number of urea groups is 1. The van der Waals surface area contributed by atoms with E-state index in [9.17, 15) is 19.5 Å². The van der Waals surface area contributed by atoms with Crippen molar-refractivity contribution in [2.24, 2.45) is 17.8 Å². The molecule has 3 fully saturated rings. The van der Waals surface area contributed by atoms with Gasteiger partial charge in [-0.15, -0.1) is 0 Å². The molecule has 5 heterocycles. The number of aliphatic hydroxyl groups is 1. The van der Waals surface area contributed by atoms with E-state index in [1.165, 1.54) is 13.2 Å². The minimum atomic E-state index is -2.27. The van der Waals surface area contributed by atoms with Crippen LogP contribution in [0.3, 0.4) is 0 Å². The highest BCUT2D eigenvalue weighted by Crippen LogP contribution is 2.67. The van der Waals surface area contributed by atoms with Crippen molar-refractivity contribution in [2.45, 2.75) is 62.5 Å². The Labute approximate surface area is 474 Å². The standard InChI is InChI=1S/C62H63N5O15/c1-37(2)50(58(72)78-5)63-61(75)66-45-25-23-38(15-14-21-43(56(70)76-3)57(71)77-4)33-44(45)62(60(66)74)49(55(69)65-29-27-64(28-30-65)35-39-24-26-47-48(34-39)81-36-80-47)52-59(73)82-53(41-18-10-7-11-19-41)51(40-16-8-6-9-17-40)67(52)54(62)42-20-12-13-22-46(42)79-32-31-68/h6-13,16-20,22-26,33-34,37,43,49-54,68H,21,27-32,35-36H2,1-5H3,(H,63,75). The third-order valence-electron chi connectivity index (χ3n) is 15.9. The fourth-order valence-corrected chi connectivity index (χ4v) is 12.2. The maximum absolute atomic E-state index is 17.1. The molecule has 426 valence electrons. The predicted octanol–water partition coefficient (Wildman–Crippen LogP) is 5.41. The molecule has 7 unspecified atom stereocenters. The molecule has 20 heteroatoms. The van der Waals surface area contributed by atoms with E-state index >= 15 is 19.2 Å². The number of carbonyl (C=O) groups is 7. The second-order valence-electron chi connectivity index (χ2n) is 20.8. The summed E-state index contributed by atoms with van der Waals surface area (Å²) in [6.07, 6.45) is -1.37. The predicted molar refractivity (Wildman–Crippen MR) is 294 cm³/mol. The number of nitrogens with zero attached hydrogens (tertiary/aromatic N) is 4. The van der Waals surface area contributed by atoms with Crippen LogP contribution in [0.2, 0.25) is 0 Å². The van der Waals surface area contributed by atoms with Gasteiger partial charge in [0.2, 0.25) is 18.6 Å². The second-order valence-corrected chi connectivity index (χ2v) is 20.8. The topological polar surface area (TPSA) is 229 Å². The number of esters is 4. The summed E-state index contributed by atoms with van der Waals surface area (Å²) in [6.45, 7) is 4.59. The average molecular weight is 1120 g/mol. The van der Waals surface area contributed by atoms with Gasteiger partial charge in [-0.25, -0.2) is 14.5 Å². The summed E-state index contributed by atoms with van der Waals surface area (Å²) in [7, 11) is 3.46. The highest BCUT2D eigenvalue weighted by atomic mass is 16.7. The molecule has 10 rings (SSSR count). The number of benzene rings is 5. The number of piperazine rings is 1. The number of hydrogen-bond acceptors (Lipinski definition) is 17. The number of para-hydroxylation sites is 1. The van der Waals surface area contributed by atoms with Crippen LogP contribution in [0.1, 0.15) is 71.8 Å². The zero-order valence-electron chi connectivity index (χ0n) is 46.0. The molecule has 5 aromatic carbocycles. The van der Waals surface area contributed by atoms with Gasteiger partial charge in [-0.3, -0.25) is 33.8 Å². The Morgan fingerprint density at radius 2 is 1.41 bits per heavy atom. The molecular weight excluding hydrogens is 1050 g/mol. The molecule has 7 atom stereocenters. The van der Waals surface area contributed by atoms with Crippen LogP contribution < -0.4 is 24.4 Å². The molecule has 5 aliphatic rings. The summed E-state index contributed by atoms with van der Waals surface area (Å²) >= 11 is 0. The number of carbonyl (C=O) groups excluding carboxylic acids is 7. The minimum Gasteiger partial charge on any atom is -0.491 e. The average Bonchev–Trinajstić information content (AvgIpc) is 3.45. The van der Waals surface area contributed by atoms with Crippen molar-refractivity contribution in [1.82, 2.24) is 20.0 Å². The smallest absolute Gasteiger partial charge is 0.329 e. The number of fused-ring (bicyclic) bond motifs is 4. The van der Waals surface area contributed by atoms with Gasteiger partial charge in [0.25, 0.3) is 0 Å². The van der Waals surface area contributed by atoms with E-state index < -0.39 is 102 Å². The summed E-state index contributed by atoms with van der Waals surface area (Å²) < 4.78 is 39.2. The van der Waals surface area contributed by atoms with E-state index in [-0.39, 0.29) is 55.5 Å². The first kappa shape index (κ1) is 56.5. The van der Waals surface area contributed by atoms with Crippen molar-refractivity contribution >= 4 is 47.4 Å². The molecular formula is C62H63N5O15. The highest BCUT2D eigenvalue weighted by Gasteiger charge is 2.76. The fourth-order valence-electron chi connectivity index (χ4n) is 12.2. The van der Waals surface area contributed by atoms with Crippen molar-refractivity contribution in [3.8, 4) is 29.1 Å². The number of methoxy groups -OCH3 is 3. The Morgan fingerprint density at radius 3 is 2.09 bits per heavy atom. The van der Waals surface area contributed by atoms with Gasteiger partial charge < -0.3 is 48.5 Å². The maximum Gasteiger partial charge on any atom is 0.329 e. The third kappa shape index (κ3) is 10.4. The van der Waals surface area contributed by atoms with Crippen molar-refractivity contribution in [3.63, 3.8) is 0 Å². The quantitative estimate of drug-likeness (QED) is 0.0578. The molecule has 2 N–H and O–H groups in total. The SMILES string of the molecule is COC(=O)C(CC#Cc1ccc2c(c1)C1(C(=O)N2C(=O)NC(C(=O)OC)C(C)C)C(C(=O)N2CCN(Cc3ccc4c(c3)OCO4)CC2)C2C(=O)OC(c3ccccc3)C(c3ccccc3)N2C1c1ccccc1OCCO)C(=O)OC. The van der Waals surface area contributed by atoms with Crippen LogP contribution in [0.25, 0.3) is 0 Å². The highest BCUT2D eigenvalue weighted by molar-refractivity contribution is 6.25. The van der Waals surface area contributed by atoms with Crippen LogP contribution >= 0.6 is 0 Å². The molecule has 5 aliphatic heterocycles. The zero-order chi connectivity index (χ0) is 57.8. The summed E-state index contributed by atoms with van der Waals surface area (Å²) in [4.78, 5) is 111. The Morgan fingerprint density at radius 1 is 0.756 bits per heavy atom. The number of imide groups is 1. The first-order valence-corrected chi connectivity index (χ1v) is 27.1. The Kier molecular flexibility index (Phi) is 16.6. The normalized spacial score (nSPS) is 22.2. The van der Waals surface area contributed by atoms with Gasteiger partial charge in [0.1, 0.15) is 36.0 Å². The van der Waals surface area contributed by atoms with Gasteiger partial charge in [-0.05, 0) is 64.6 Å². The van der Waals surface area contributed by atoms with E-state index in [0.717, 1.165) is 24.7 Å². The number of cyclic esters (lactones) is 1.